The van der Waals surface area contributed by atoms with E-state index >= 15 is 0 Å². The molecule has 0 radical (unpaired) electrons. The van der Waals surface area contributed by atoms with Gasteiger partial charge in [-0.15, -0.1) is 0 Å². The summed E-state index contributed by atoms with van der Waals surface area (Å²) < 4.78 is 12.7. The van der Waals surface area contributed by atoms with Crippen LogP contribution in [-0.4, -0.2) is 68.4 Å². The first kappa shape index (κ1) is 17.6. The Morgan fingerprint density at radius 2 is 2.25 bits per heavy atom. The van der Waals surface area contributed by atoms with Gasteiger partial charge in [0.05, 0.1) is 19.3 Å². The molecular formula is C14H22N4O5S. The Labute approximate surface area is 143 Å². The van der Waals surface area contributed by atoms with Crippen LogP contribution in [0.1, 0.15) is 31.4 Å². The quantitative estimate of drug-likeness (QED) is 0.410. The highest BCUT2D eigenvalue weighted by molar-refractivity contribution is 7.94. The third-order valence-electron chi connectivity index (χ3n) is 3.91. The molecule has 1 aromatic heterocycles. The number of nitrogens with zero attached hydrogens (tertiary/aromatic N) is 3. The van der Waals surface area contributed by atoms with Gasteiger partial charge in [-0.25, -0.2) is 9.98 Å². The normalized spacial score (nSPS) is 32.4. The van der Waals surface area contributed by atoms with E-state index in [4.69, 9.17) is 8.92 Å². The molecule has 0 bridgehead atoms. The summed E-state index contributed by atoms with van der Waals surface area (Å²) in [7, 11) is 0. The van der Waals surface area contributed by atoms with Gasteiger partial charge in [-0.2, -0.15) is 0 Å². The molecule has 2 aliphatic heterocycles. The zero-order valence-electron chi connectivity index (χ0n) is 13.3. The fourth-order valence-electron chi connectivity index (χ4n) is 2.65. The minimum Gasteiger partial charge on any atom is -0.387 e. The largest absolute Gasteiger partial charge is 0.387 e. The minimum absolute atomic E-state index is 0.170. The molecule has 9 nitrogen and oxygen atoms in total. The summed E-state index contributed by atoms with van der Waals surface area (Å²) in [6.45, 7) is 2.52. The van der Waals surface area contributed by atoms with Crippen LogP contribution in [-0.2, 0) is 8.92 Å². The van der Waals surface area contributed by atoms with Crippen molar-refractivity contribution in [2.45, 2.75) is 44.0 Å². The number of nitrogens with one attached hydrogen (secondary N) is 1. The summed E-state index contributed by atoms with van der Waals surface area (Å²) >= 11 is 1.31. The lowest BCUT2D eigenvalue weighted by Crippen LogP contribution is -2.33. The highest BCUT2D eigenvalue weighted by Crippen LogP contribution is 2.36. The number of fused-ring (bicyclic) bond motifs is 1. The Balaban J connectivity index is 1.73. The van der Waals surface area contributed by atoms with Crippen LogP contribution in [0.4, 0.5) is 5.82 Å². The van der Waals surface area contributed by atoms with E-state index in [2.05, 4.69) is 15.3 Å². The van der Waals surface area contributed by atoms with Gasteiger partial charge in [-0.1, -0.05) is 6.92 Å². The number of aliphatic imine (C=N–C) groups is 1. The van der Waals surface area contributed by atoms with E-state index in [9.17, 15) is 15.3 Å². The lowest BCUT2D eigenvalue weighted by Gasteiger charge is -2.17. The molecule has 1 fully saturated rings. The molecule has 1 aromatic rings. The number of aromatic nitrogens is 2. The molecule has 1 saturated heterocycles. The summed E-state index contributed by atoms with van der Waals surface area (Å²) in [5, 5.41) is 33.4. The minimum atomic E-state index is -1.14. The van der Waals surface area contributed by atoms with E-state index in [-0.39, 0.29) is 6.61 Å². The van der Waals surface area contributed by atoms with Crippen LogP contribution in [0.2, 0.25) is 0 Å². The van der Waals surface area contributed by atoms with Crippen molar-refractivity contribution in [3.63, 3.8) is 0 Å². The molecule has 5 atom stereocenters. The van der Waals surface area contributed by atoms with Crippen molar-refractivity contribution in [2.24, 2.45) is 4.99 Å². The van der Waals surface area contributed by atoms with Crippen molar-refractivity contribution >= 4 is 24.2 Å². The van der Waals surface area contributed by atoms with Gasteiger partial charge >= 0.3 is 0 Å². The summed E-state index contributed by atoms with van der Waals surface area (Å²) in [4.78, 5) is 8.37. The van der Waals surface area contributed by atoms with Gasteiger partial charge < -0.3 is 29.6 Å². The molecule has 0 amide bonds. The van der Waals surface area contributed by atoms with Gasteiger partial charge in [-0.05, 0) is 18.5 Å². The predicted octanol–water partition coefficient (Wildman–Crippen LogP) is -0.127. The van der Waals surface area contributed by atoms with Crippen LogP contribution >= 0.6 is 12.0 Å². The van der Waals surface area contributed by atoms with E-state index < -0.39 is 30.6 Å². The number of aliphatic hydroxyl groups excluding tert-OH is 3. The average molecular weight is 358 g/mol. The van der Waals surface area contributed by atoms with Gasteiger partial charge in [-0.3, -0.25) is 4.57 Å². The summed E-state index contributed by atoms with van der Waals surface area (Å²) in [5.74, 6) is 1.24. The number of hydrogen-bond donors (Lipinski definition) is 4. The average Bonchev–Trinajstić information content (AvgIpc) is 3.05. The second-order valence-electron chi connectivity index (χ2n) is 5.70. The first-order valence-corrected chi connectivity index (χ1v) is 8.81. The molecule has 3 heterocycles. The maximum Gasteiger partial charge on any atom is 0.165 e. The van der Waals surface area contributed by atoms with Crippen LogP contribution in [0.15, 0.2) is 11.3 Å². The van der Waals surface area contributed by atoms with Crippen LogP contribution < -0.4 is 5.32 Å². The van der Waals surface area contributed by atoms with Gasteiger partial charge in [0.2, 0.25) is 0 Å². The Bertz CT molecular complexity index is 584. The summed E-state index contributed by atoms with van der Waals surface area (Å²) in [6, 6.07) is 0. The third-order valence-corrected chi connectivity index (χ3v) is 4.79. The Morgan fingerprint density at radius 3 is 3.04 bits per heavy atom. The molecule has 0 saturated carbocycles. The molecule has 24 heavy (non-hydrogen) atoms. The van der Waals surface area contributed by atoms with E-state index in [1.54, 1.807) is 0 Å². The Kier molecular flexibility index (Phi) is 5.74. The van der Waals surface area contributed by atoms with Crippen LogP contribution in [0, 0.1) is 0 Å². The van der Waals surface area contributed by atoms with Gasteiger partial charge in [0.1, 0.15) is 30.1 Å². The predicted molar refractivity (Wildman–Crippen MR) is 88.0 cm³/mol. The number of β-amino-alcohol motifs (C(OH)–C–C–N with tert-alkyl or cyclic N) is 1. The van der Waals surface area contributed by atoms with Crippen molar-refractivity contribution in [1.29, 1.82) is 0 Å². The van der Waals surface area contributed by atoms with Crippen molar-refractivity contribution in [3.8, 4) is 0 Å². The van der Waals surface area contributed by atoms with Crippen LogP contribution in [0.25, 0.3) is 0 Å². The SMILES string of the molecule is CCCSOCC1O[C@@H](n2cnc3c2N=CNC[C@H]3O)[C@H](O)[C@@H]1O. The zero-order valence-corrected chi connectivity index (χ0v) is 14.1. The fraction of sp³-hybridized carbons (Fsp3) is 0.714. The monoisotopic (exact) mass is 358 g/mol. The zero-order chi connectivity index (χ0) is 17.1. The lowest BCUT2D eigenvalue weighted by atomic mass is 10.1. The number of aliphatic hydroxyl groups is 3. The first-order valence-electron chi connectivity index (χ1n) is 7.90. The smallest absolute Gasteiger partial charge is 0.165 e. The highest BCUT2D eigenvalue weighted by atomic mass is 32.2. The standard InChI is InChI=1S/C14H22N4O5S/c1-2-3-24-22-5-9-11(20)12(21)14(23-9)18-7-17-10-8(19)4-15-6-16-13(10)18/h6-9,11-12,14,19-21H,2-5H2,1H3,(H,15,16)/t8-,9?,11-,12-,14-/m1/s1. The fourth-order valence-corrected chi connectivity index (χ4v) is 3.16. The Hall–Kier alpha value is -1.17. The number of hydrogen-bond acceptors (Lipinski definition) is 9. The van der Waals surface area contributed by atoms with E-state index in [1.807, 2.05) is 6.92 Å². The second-order valence-corrected chi connectivity index (χ2v) is 6.58. The van der Waals surface area contributed by atoms with E-state index in [0.29, 0.717) is 18.1 Å². The molecule has 10 heteroatoms. The molecule has 0 aromatic carbocycles. The van der Waals surface area contributed by atoms with Crippen LogP contribution in [0.5, 0.6) is 0 Å². The molecule has 0 spiro atoms. The number of rotatable bonds is 6. The third kappa shape index (κ3) is 3.44. The van der Waals surface area contributed by atoms with E-state index in [1.165, 1.54) is 29.3 Å². The molecule has 2 aliphatic rings. The molecule has 134 valence electrons. The summed E-state index contributed by atoms with van der Waals surface area (Å²) in [5.41, 5.74) is 0.403. The number of ether oxygens (including phenoxy) is 1. The topological polar surface area (TPSA) is 121 Å². The second kappa shape index (κ2) is 7.81. The van der Waals surface area contributed by atoms with Gasteiger partial charge in [0.15, 0.2) is 12.0 Å². The summed E-state index contributed by atoms with van der Waals surface area (Å²) in [6.07, 6.45) is -0.617. The van der Waals surface area contributed by atoms with Crippen molar-refractivity contribution in [2.75, 3.05) is 18.9 Å². The van der Waals surface area contributed by atoms with E-state index in [0.717, 1.165) is 12.2 Å². The Morgan fingerprint density at radius 1 is 1.42 bits per heavy atom. The van der Waals surface area contributed by atoms with Crippen molar-refractivity contribution < 1.29 is 24.2 Å². The molecule has 4 N–H and O–H groups in total. The van der Waals surface area contributed by atoms with Crippen LogP contribution in [0.3, 0.4) is 0 Å². The maximum absolute atomic E-state index is 10.3. The molecule has 3 rings (SSSR count). The molecule has 1 unspecified atom stereocenters. The molecule has 0 aliphatic carbocycles. The molecular weight excluding hydrogens is 336 g/mol. The first-order chi connectivity index (χ1) is 11.6. The van der Waals surface area contributed by atoms with Gasteiger partial charge in [0.25, 0.3) is 0 Å². The highest BCUT2D eigenvalue weighted by Gasteiger charge is 2.45. The lowest BCUT2D eigenvalue weighted by molar-refractivity contribution is -0.0464. The van der Waals surface area contributed by atoms with Crippen molar-refractivity contribution in [3.05, 3.63) is 12.0 Å². The van der Waals surface area contributed by atoms with Crippen molar-refractivity contribution in [1.82, 2.24) is 14.9 Å². The van der Waals surface area contributed by atoms with Gasteiger partial charge in [0, 0.05) is 12.3 Å². The number of imidazole rings is 1. The maximum atomic E-state index is 10.3.